The molecule has 0 unspecified atom stereocenters. The Morgan fingerprint density at radius 2 is 2.27 bits per heavy atom. The van der Waals surface area contributed by atoms with Crippen LogP contribution in [0.3, 0.4) is 0 Å². The van der Waals surface area contributed by atoms with Crippen LogP contribution in [0.2, 0.25) is 0 Å². The van der Waals surface area contributed by atoms with E-state index in [0.717, 1.165) is 49.4 Å². The quantitative estimate of drug-likeness (QED) is 0.799. The number of amides is 1. The molecule has 2 saturated heterocycles. The molecular weight excluding hydrogens is 332 g/mol. The number of hydrogen-bond donors (Lipinski definition) is 1. The van der Waals surface area contributed by atoms with Crippen molar-refractivity contribution in [3.05, 3.63) is 23.3 Å². The lowest BCUT2D eigenvalue weighted by Crippen LogP contribution is -2.45. The Balaban J connectivity index is 1.48. The minimum absolute atomic E-state index is 0.00735. The molecule has 3 aliphatic rings. The predicted molar refractivity (Wildman–Crippen MR) is 94.3 cm³/mol. The van der Waals surface area contributed by atoms with Crippen LogP contribution < -0.4 is 5.32 Å². The maximum Gasteiger partial charge on any atom is 0.307 e. The van der Waals surface area contributed by atoms with E-state index in [-0.39, 0.29) is 18.3 Å². The monoisotopic (exact) mass is 358 g/mol. The minimum atomic E-state index is -0.733. The van der Waals surface area contributed by atoms with Crippen LogP contribution in [0.15, 0.2) is 6.20 Å². The molecule has 0 saturated carbocycles. The van der Waals surface area contributed by atoms with Crippen molar-refractivity contribution in [3.8, 4) is 0 Å². The zero-order valence-corrected chi connectivity index (χ0v) is 15.5. The molecule has 2 fully saturated rings. The largest absolute Gasteiger partial charge is 0.459 e. The first-order chi connectivity index (χ1) is 12.4. The Morgan fingerprint density at radius 3 is 2.96 bits per heavy atom. The number of carbonyl (C=O) groups excluding carboxylic acids is 2. The first-order valence-electron chi connectivity index (χ1n) is 9.50. The van der Waals surface area contributed by atoms with E-state index < -0.39 is 11.5 Å². The van der Waals surface area contributed by atoms with E-state index in [0.29, 0.717) is 19.0 Å². The summed E-state index contributed by atoms with van der Waals surface area (Å²) in [5.41, 5.74) is 1.34. The van der Waals surface area contributed by atoms with Gasteiger partial charge in [0.05, 0.1) is 18.0 Å². The lowest BCUT2D eigenvalue weighted by Gasteiger charge is -2.33. The fourth-order valence-corrected chi connectivity index (χ4v) is 4.21. The predicted octanol–water partition coefficient (Wildman–Crippen LogP) is 1.17. The van der Waals surface area contributed by atoms with Gasteiger partial charge in [-0.25, -0.2) is 9.97 Å². The highest BCUT2D eigenvalue weighted by molar-refractivity contribution is 5.87. The van der Waals surface area contributed by atoms with E-state index in [1.807, 2.05) is 24.9 Å². The van der Waals surface area contributed by atoms with Gasteiger partial charge in [0.2, 0.25) is 5.91 Å². The van der Waals surface area contributed by atoms with Crippen LogP contribution in [-0.2, 0) is 27.3 Å². The number of ether oxygens (including phenoxy) is 1. The smallest absolute Gasteiger partial charge is 0.307 e. The van der Waals surface area contributed by atoms with Gasteiger partial charge in [-0.05, 0) is 33.2 Å². The van der Waals surface area contributed by atoms with Gasteiger partial charge in [0.25, 0.3) is 0 Å². The summed E-state index contributed by atoms with van der Waals surface area (Å²) in [5.74, 6) is 0.597. The van der Waals surface area contributed by atoms with E-state index in [2.05, 4.69) is 10.3 Å². The van der Waals surface area contributed by atoms with E-state index in [1.54, 1.807) is 0 Å². The van der Waals surface area contributed by atoms with Crippen LogP contribution in [0.4, 0.5) is 0 Å². The molecule has 0 bridgehead atoms. The minimum Gasteiger partial charge on any atom is -0.459 e. The van der Waals surface area contributed by atoms with Crippen molar-refractivity contribution in [3.63, 3.8) is 0 Å². The van der Waals surface area contributed by atoms with Crippen LogP contribution in [-0.4, -0.2) is 52.0 Å². The average Bonchev–Trinajstić information content (AvgIpc) is 2.93. The summed E-state index contributed by atoms with van der Waals surface area (Å²) < 4.78 is 5.31. The third-order valence-corrected chi connectivity index (χ3v) is 5.81. The Hall–Kier alpha value is -2.02. The number of nitrogens with zero attached hydrogens (tertiary/aromatic N) is 3. The normalized spacial score (nSPS) is 27.8. The van der Waals surface area contributed by atoms with Gasteiger partial charge in [0, 0.05) is 43.7 Å². The first kappa shape index (κ1) is 17.4. The summed E-state index contributed by atoms with van der Waals surface area (Å²) in [6, 6.07) is 0. The molecule has 0 spiro atoms. The number of fused-ring (bicyclic) bond motifs is 1. The molecular formula is C19H26N4O3. The Kier molecular flexibility index (Phi) is 4.42. The highest BCUT2D eigenvalue weighted by Gasteiger charge is 2.47. The number of esters is 1. The molecule has 0 aliphatic carbocycles. The zero-order chi connectivity index (χ0) is 18.3. The molecule has 3 aliphatic heterocycles. The molecule has 0 radical (unpaired) electrons. The number of aromatic nitrogens is 2. The fourth-order valence-electron chi connectivity index (χ4n) is 4.21. The molecule has 7 heteroatoms. The second-order valence-electron chi connectivity index (χ2n) is 8.09. The molecule has 1 aromatic heterocycles. The van der Waals surface area contributed by atoms with Crippen LogP contribution >= 0.6 is 0 Å². The first-order valence-corrected chi connectivity index (χ1v) is 9.50. The zero-order valence-electron chi connectivity index (χ0n) is 15.5. The highest BCUT2D eigenvalue weighted by atomic mass is 16.6. The SMILES string of the molecule is CC1(C)OC(=O)C[C@@H]1C(=O)N1CCc2nc([C@H]3CCCNC3)ncc2C1. The molecule has 4 rings (SSSR count). The molecule has 2 atom stereocenters. The van der Waals surface area contributed by atoms with Crippen molar-refractivity contribution in [2.24, 2.45) is 5.92 Å². The number of piperidine rings is 1. The van der Waals surface area contributed by atoms with Crippen molar-refractivity contribution >= 4 is 11.9 Å². The maximum absolute atomic E-state index is 12.9. The van der Waals surface area contributed by atoms with Crippen molar-refractivity contribution in [2.45, 2.75) is 57.6 Å². The Morgan fingerprint density at radius 1 is 1.42 bits per heavy atom. The van der Waals surface area contributed by atoms with Gasteiger partial charge in [0.1, 0.15) is 11.4 Å². The van der Waals surface area contributed by atoms with E-state index in [1.165, 1.54) is 0 Å². The van der Waals surface area contributed by atoms with Crippen molar-refractivity contribution < 1.29 is 14.3 Å². The standard InChI is InChI=1S/C19H26N4O3/c1-19(2)14(8-16(24)26-19)18(25)23-7-5-15-13(11-23)10-21-17(22-15)12-4-3-6-20-9-12/h10,12,14,20H,3-9,11H2,1-2H3/t12-,14+/m0/s1. The summed E-state index contributed by atoms with van der Waals surface area (Å²) in [6.07, 6.45) is 5.07. The summed E-state index contributed by atoms with van der Waals surface area (Å²) in [6.45, 7) is 6.78. The van der Waals surface area contributed by atoms with E-state index in [4.69, 9.17) is 9.72 Å². The third-order valence-electron chi connectivity index (χ3n) is 5.81. The molecule has 1 aromatic rings. The van der Waals surface area contributed by atoms with Crippen LogP contribution in [0, 0.1) is 5.92 Å². The Bertz CT molecular complexity index is 727. The topological polar surface area (TPSA) is 84.4 Å². The molecule has 1 N–H and O–H groups in total. The lowest BCUT2D eigenvalue weighted by atomic mass is 9.88. The second-order valence-corrected chi connectivity index (χ2v) is 8.09. The lowest BCUT2D eigenvalue weighted by molar-refractivity contribution is -0.149. The van der Waals surface area contributed by atoms with Crippen molar-refractivity contribution in [1.82, 2.24) is 20.2 Å². The molecule has 26 heavy (non-hydrogen) atoms. The van der Waals surface area contributed by atoms with Crippen LogP contribution in [0.1, 0.15) is 56.1 Å². The van der Waals surface area contributed by atoms with Crippen molar-refractivity contribution in [1.29, 1.82) is 0 Å². The third kappa shape index (κ3) is 3.20. The number of nitrogens with one attached hydrogen (secondary N) is 1. The highest BCUT2D eigenvalue weighted by Crippen LogP contribution is 2.35. The van der Waals surface area contributed by atoms with Gasteiger partial charge in [0.15, 0.2) is 0 Å². The number of hydrogen-bond acceptors (Lipinski definition) is 6. The average molecular weight is 358 g/mol. The fraction of sp³-hybridized carbons (Fsp3) is 0.684. The van der Waals surface area contributed by atoms with Gasteiger partial charge in [-0.2, -0.15) is 0 Å². The van der Waals surface area contributed by atoms with E-state index in [9.17, 15) is 9.59 Å². The van der Waals surface area contributed by atoms with Crippen LogP contribution in [0.25, 0.3) is 0 Å². The molecule has 1 amide bonds. The summed E-state index contributed by atoms with van der Waals surface area (Å²) in [7, 11) is 0. The van der Waals surface area contributed by atoms with Gasteiger partial charge in [-0.1, -0.05) is 0 Å². The van der Waals surface area contributed by atoms with Gasteiger partial charge >= 0.3 is 5.97 Å². The van der Waals surface area contributed by atoms with E-state index >= 15 is 0 Å². The summed E-state index contributed by atoms with van der Waals surface area (Å²) >= 11 is 0. The summed E-state index contributed by atoms with van der Waals surface area (Å²) in [5, 5.41) is 3.41. The molecule has 7 nitrogen and oxygen atoms in total. The van der Waals surface area contributed by atoms with Gasteiger partial charge in [-0.15, -0.1) is 0 Å². The van der Waals surface area contributed by atoms with Crippen molar-refractivity contribution in [2.75, 3.05) is 19.6 Å². The second kappa shape index (κ2) is 6.61. The molecule has 140 valence electrons. The Labute approximate surface area is 153 Å². The summed E-state index contributed by atoms with van der Waals surface area (Å²) in [4.78, 5) is 35.8. The molecule has 0 aromatic carbocycles. The number of carbonyl (C=O) groups is 2. The molecule has 4 heterocycles. The number of rotatable bonds is 2. The van der Waals surface area contributed by atoms with Gasteiger partial charge < -0.3 is 15.0 Å². The van der Waals surface area contributed by atoms with Gasteiger partial charge in [-0.3, -0.25) is 9.59 Å². The number of cyclic esters (lactones) is 1. The maximum atomic E-state index is 12.9. The van der Waals surface area contributed by atoms with Crippen LogP contribution in [0.5, 0.6) is 0 Å².